The summed E-state index contributed by atoms with van der Waals surface area (Å²) in [7, 11) is -1.86. The van der Waals surface area contributed by atoms with E-state index < -0.39 is 9.84 Å². The van der Waals surface area contributed by atoms with Gasteiger partial charge in [-0.25, -0.2) is 13.4 Å². The second kappa shape index (κ2) is 8.10. The number of amides is 1. The molecule has 0 atom stereocenters. The molecule has 3 heterocycles. The lowest BCUT2D eigenvalue weighted by Crippen LogP contribution is -2.29. The zero-order valence-corrected chi connectivity index (χ0v) is 18.1. The third-order valence-corrected chi connectivity index (χ3v) is 6.43. The molecule has 30 heavy (non-hydrogen) atoms. The molecule has 1 aliphatic heterocycles. The van der Waals surface area contributed by atoms with Crippen molar-refractivity contribution in [3.63, 3.8) is 0 Å². The van der Waals surface area contributed by atoms with Crippen LogP contribution in [0.4, 0.5) is 5.69 Å². The van der Waals surface area contributed by atoms with Crippen molar-refractivity contribution in [2.45, 2.75) is 31.0 Å². The van der Waals surface area contributed by atoms with Crippen LogP contribution < -0.4 is 4.90 Å². The van der Waals surface area contributed by atoms with Crippen LogP contribution in [0.25, 0.3) is 5.52 Å². The van der Waals surface area contributed by atoms with E-state index >= 15 is 0 Å². The number of hydrogen-bond donors (Lipinski definition) is 0. The number of hydrogen-bond acceptors (Lipinski definition) is 5. The van der Waals surface area contributed by atoms with Crippen LogP contribution in [0.1, 0.15) is 35.3 Å². The Balaban J connectivity index is 1.54. The average molecular weight is 427 g/mol. The van der Waals surface area contributed by atoms with Crippen molar-refractivity contribution in [2.75, 3.05) is 31.3 Å². The number of carbonyl (C=O) groups excluding carboxylic acids is 1. The maximum Gasteiger partial charge on any atom is 0.274 e. The number of aromatic nitrogens is 2. The van der Waals surface area contributed by atoms with E-state index in [1.54, 1.807) is 36.3 Å². The van der Waals surface area contributed by atoms with Crippen LogP contribution in [0.5, 0.6) is 0 Å². The minimum atomic E-state index is -3.57. The molecule has 1 fully saturated rings. The molecule has 0 N–H and O–H groups in total. The average Bonchev–Trinajstić information content (AvgIpc) is 3.14. The Morgan fingerprint density at radius 2 is 1.77 bits per heavy atom. The minimum absolute atomic E-state index is 0.124. The Kier molecular flexibility index (Phi) is 5.51. The monoisotopic (exact) mass is 426 g/mol. The SMILES string of the molecule is CN(Cc1ccc(N2CCCCC2)cc1)C(=O)c1nc(S(C)(=O)=O)n2ccccc12. The number of carbonyl (C=O) groups is 1. The second-order valence-corrected chi connectivity index (χ2v) is 9.76. The van der Waals surface area contributed by atoms with Gasteiger partial charge >= 0.3 is 0 Å². The van der Waals surface area contributed by atoms with Gasteiger partial charge in [0.1, 0.15) is 0 Å². The summed E-state index contributed by atoms with van der Waals surface area (Å²) in [5.74, 6) is -0.311. The molecule has 1 amide bonds. The normalized spacial score (nSPS) is 14.8. The molecule has 0 radical (unpaired) electrons. The molecule has 158 valence electrons. The first kappa shape index (κ1) is 20.4. The Labute approximate surface area is 176 Å². The third kappa shape index (κ3) is 4.05. The fourth-order valence-corrected chi connectivity index (χ4v) is 4.69. The number of nitrogens with zero attached hydrogens (tertiary/aromatic N) is 4. The van der Waals surface area contributed by atoms with E-state index in [0.29, 0.717) is 12.1 Å². The highest BCUT2D eigenvalue weighted by Crippen LogP contribution is 2.22. The van der Waals surface area contributed by atoms with Gasteiger partial charge in [0.15, 0.2) is 5.69 Å². The van der Waals surface area contributed by atoms with Crippen LogP contribution in [-0.2, 0) is 16.4 Å². The van der Waals surface area contributed by atoms with Crippen LogP contribution in [-0.4, -0.2) is 55.0 Å². The van der Waals surface area contributed by atoms with Crippen molar-refractivity contribution < 1.29 is 13.2 Å². The maximum atomic E-state index is 13.1. The van der Waals surface area contributed by atoms with Crippen molar-refractivity contribution in [2.24, 2.45) is 0 Å². The molecule has 0 unspecified atom stereocenters. The number of benzene rings is 1. The molecule has 1 saturated heterocycles. The van der Waals surface area contributed by atoms with Crippen LogP contribution >= 0.6 is 0 Å². The van der Waals surface area contributed by atoms with Gasteiger partial charge in [-0.15, -0.1) is 0 Å². The molecule has 7 nitrogen and oxygen atoms in total. The van der Waals surface area contributed by atoms with Gasteiger partial charge in [0, 0.05) is 44.8 Å². The number of piperidine rings is 1. The fourth-order valence-electron chi connectivity index (χ4n) is 3.92. The molecule has 0 spiro atoms. The third-order valence-electron chi connectivity index (χ3n) is 5.47. The fraction of sp³-hybridized carbons (Fsp3) is 0.364. The second-order valence-electron chi connectivity index (χ2n) is 7.85. The Morgan fingerprint density at radius 1 is 1.07 bits per heavy atom. The summed E-state index contributed by atoms with van der Waals surface area (Å²) in [6.07, 6.45) is 6.46. The lowest BCUT2D eigenvalue weighted by Gasteiger charge is -2.29. The lowest BCUT2D eigenvalue weighted by molar-refractivity contribution is 0.0781. The Hall–Kier alpha value is -2.87. The number of rotatable bonds is 5. The van der Waals surface area contributed by atoms with E-state index in [4.69, 9.17) is 0 Å². The summed E-state index contributed by atoms with van der Waals surface area (Å²) in [5.41, 5.74) is 2.85. The van der Waals surface area contributed by atoms with E-state index in [9.17, 15) is 13.2 Å². The summed E-state index contributed by atoms with van der Waals surface area (Å²) in [4.78, 5) is 21.2. The van der Waals surface area contributed by atoms with Gasteiger partial charge in [-0.3, -0.25) is 9.20 Å². The topological polar surface area (TPSA) is 75.0 Å². The molecule has 4 rings (SSSR count). The van der Waals surface area contributed by atoms with Gasteiger partial charge < -0.3 is 9.80 Å². The Bertz CT molecular complexity index is 1160. The number of imidazole rings is 1. The first-order valence-corrected chi connectivity index (χ1v) is 12.0. The molecule has 1 aromatic carbocycles. The van der Waals surface area contributed by atoms with E-state index in [1.165, 1.54) is 29.4 Å². The number of fused-ring (bicyclic) bond motifs is 1. The number of sulfone groups is 1. The smallest absolute Gasteiger partial charge is 0.274 e. The number of pyridine rings is 1. The largest absolute Gasteiger partial charge is 0.372 e. The van der Waals surface area contributed by atoms with Crippen molar-refractivity contribution in [1.82, 2.24) is 14.3 Å². The zero-order valence-electron chi connectivity index (χ0n) is 17.3. The molecule has 8 heteroatoms. The van der Waals surface area contributed by atoms with Gasteiger partial charge in [-0.2, -0.15) is 0 Å². The van der Waals surface area contributed by atoms with Gasteiger partial charge in [0.2, 0.25) is 15.0 Å². The summed E-state index contributed by atoms with van der Waals surface area (Å²) >= 11 is 0. The molecule has 0 aliphatic carbocycles. The van der Waals surface area contributed by atoms with Gasteiger partial charge in [0.25, 0.3) is 5.91 Å². The van der Waals surface area contributed by atoms with Crippen molar-refractivity contribution in [3.8, 4) is 0 Å². The highest BCUT2D eigenvalue weighted by atomic mass is 32.2. The standard InChI is InChI=1S/C22H26N4O3S/c1-24(16-17-9-11-18(12-10-17)25-13-5-3-6-14-25)21(27)20-19-8-4-7-15-26(19)22(23-20)30(2,28)29/h4,7-12,15H,3,5-6,13-14,16H2,1-2H3. The van der Waals surface area contributed by atoms with Crippen molar-refractivity contribution in [3.05, 3.63) is 59.9 Å². The minimum Gasteiger partial charge on any atom is -0.372 e. The quantitative estimate of drug-likeness (QED) is 0.627. The van der Waals surface area contributed by atoms with Crippen LogP contribution in [0, 0.1) is 0 Å². The lowest BCUT2D eigenvalue weighted by atomic mass is 10.1. The van der Waals surface area contributed by atoms with E-state index in [-0.39, 0.29) is 16.8 Å². The van der Waals surface area contributed by atoms with Crippen LogP contribution in [0.15, 0.2) is 53.8 Å². The van der Waals surface area contributed by atoms with E-state index in [1.807, 2.05) is 12.1 Å². The highest BCUT2D eigenvalue weighted by molar-refractivity contribution is 7.90. The number of anilines is 1. The predicted molar refractivity (Wildman–Crippen MR) is 117 cm³/mol. The van der Waals surface area contributed by atoms with Gasteiger partial charge in [-0.05, 0) is 49.1 Å². The van der Waals surface area contributed by atoms with E-state index in [2.05, 4.69) is 22.0 Å². The summed E-state index contributed by atoms with van der Waals surface area (Å²) < 4.78 is 25.6. The van der Waals surface area contributed by atoms with Gasteiger partial charge in [0.05, 0.1) is 5.52 Å². The van der Waals surface area contributed by atoms with Gasteiger partial charge in [-0.1, -0.05) is 18.2 Å². The summed E-state index contributed by atoms with van der Waals surface area (Å²) in [5, 5.41) is -0.124. The first-order valence-electron chi connectivity index (χ1n) is 10.1. The summed E-state index contributed by atoms with van der Waals surface area (Å²) in [6.45, 7) is 2.60. The first-order chi connectivity index (χ1) is 14.3. The van der Waals surface area contributed by atoms with Crippen LogP contribution in [0.2, 0.25) is 0 Å². The Morgan fingerprint density at radius 3 is 2.43 bits per heavy atom. The molecule has 1 aliphatic rings. The van der Waals surface area contributed by atoms with E-state index in [0.717, 1.165) is 24.9 Å². The molecule has 3 aromatic rings. The highest BCUT2D eigenvalue weighted by Gasteiger charge is 2.24. The van der Waals surface area contributed by atoms with Crippen molar-refractivity contribution >= 4 is 26.9 Å². The maximum absolute atomic E-state index is 13.1. The molecular weight excluding hydrogens is 400 g/mol. The molecule has 0 saturated carbocycles. The van der Waals surface area contributed by atoms with Crippen LogP contribution in [0.3, 0.4) is 0 Å². The zero-order chi connectivity index (χ0) is 21.3. The molecule has 2 aromatic heterocycles. The molecule has 0 bridgehead atoms. The molecular formula is C22H26N4O3S. The summed E-state index contributed by atoms with van der Waals surface area (Å²) in [6, 6.07) is 13.5. The predicted octanol–water partition coefficient (Wildman–Crippen LogP) is 3.00. The van der Waals surface area contributed by atoms with Crippen molar-refractivity contribution in [1.29, 1.82) is 0 Å².